The first kappa shape index (κ1) is 14.8. The number of fused-ring (bicyclic) bond motifs is 1. The Morgan fingerprint density at radius 3 is 2.82 bits per heavy atom. The maximum Gasteiger partial charge on any atom is 0.160 e. The van der Waals surface area contributed by atoms with Gasteiger partial charge in [0.15, 0.2) is 5.65 Å². The summed E-state index contributed by atoms with van der Waals surface area (Å²) in [6.45, 7) is 1.09. The lowest BCUT2D eigenvalue weighted by molar-refractivity contribution is 0.269. The normalized spacial score (nSPS) is 11.0. The number of aliphatic hydroxyl groups excluding tert-OH is 1. The lowest BCUT2D eigenvalue weighted by Gasteiger charge is -2.09. The van der Waals surface area contributed by atoms with Crippen LogP contribution in [-0.2, 0) is 13.2 Å². The molecule has 2 heterocycles. The van der Waals surface area contributed by atoms with E-state index < -0.39 is 0 Å². The monoisotopic (exact) mass is 317 g/mol. The van der Waals surface area contributed by atoms with Crippen LogP contribution in [-0.4, -0.2) is 26.2 Å². The molecule has 5 nitrogen and oxygen atoms in total. The largest absolute Gasteiger partial charge is 0.486 e. The minimum atomic E-state index is 0.117. The zero-order valence-electron chi connectivity index (χ0n) is 11.9. The van der Waals surface area contributed by atoms with Gasteiger partial charge in [-0.25, -0.2) is 9.97 Å². The van der Waals surface area contributed by atoms with Crippen molar-refractivity contribution in [2.75, 3.05) is 6.61 Å². The first-order valence-electron chi connectivity index (χ1n) is 7.07. The minimum absolute atomic E-state index is 0.117. The minimum Gasteiger partial charge on any atom is -0.486 e. The van der Waals surface area contributed by atoms with Gasteiger partial charge < -0.3 is 14.4 Å². The molecule has 0 aliphatic heterocycles. The number of hydrogen-bond acceptors (Lipinski definition) is 4. The van der Waals surface area contributed by atoms with Crippen LogP contribution in [0.2, 0.25) is 5.02 Å². The van der Waals surface area contributed by atoms with E-state index in [1.54, 1.807) is 12.3 Å². The van der Waals surface area contributed by atoms with Crippen molar-refractivity contribution in [3.05, 3.63) is 53.4 Å². The third-order valence-corrected chi connectivity index (χ3v) is 3.49. The van der Waals surface area contributed by atoms with Gasteiger partial charge >= 0.3 is 0 Å². The molecule has 0 amide bonds. The summed E-state index contributed by atoms with van der Waals surface area (Å²) in [5.41, 5.74) is 1.49. The molecule has 0 fully saturated rings. The molecule has 1 N–H and O–H groups in total. The fourth-order valence-corrected chi connectivity index (χ4v) is 2.42. The summed E-state index contributed by atoms with van der Waals surface area (Å²) >= 11 is 5.97. The van der Waals surface area contributed by atoms with Crippen LogP contribution >= 0.6 is 11.6 Å². The number of halogens is 1. The number of aromatic nitrogens is 3. The molecule has 0 spiro atoms. The summed E-state index contributed by atoms with van der Waals surface area (Å²) in [7, 11) is 0. The summed E-state index contributed by atoms with van der Waals surface area (Å²) < 4.78 is 7.73. The number of ether oxygens (including phenoxy) is 1. The third-order valence-electron chi connectivity index (χ3n) is 3.28. The average Bonchev–Trinajstić information content (AvgIpc) is 2.88. The molecular weight excluding hydrogens is 302 g/mol. The summed E-state index contributed by atoms with van der Waals surface area (Å²) in [6, 6.07) is 11.4. The molecular formula is C16H16ClN3O2. The van der Waals surface area contributed by atoms with Gasteiger partial charge in [-0.05, 0) is 24.6 Å². The summed E-state index contributed by atoms with van der Waals surface area (Å²) in [5, 5.41) is 9.62. The highest BCUT2D eigenvalue weighted by molar-refractivity contribution is 6.31. The Balaban J connectivity index is 1.89. The Morgan fingerprint density at radius 1 is 1.23 bits per heavy atom. The second-order valence-electron chi connectivity index (χ2n) is 4.85. The molecule has 2 aromatic heterocycles. The van der Waals surface area contributed by atoms with E-state index in [1.807, 2.05) is 34.9 Å². The van der Waals surface area contributed by atoms with E-state index in [0.717, 1.165) is 22.7 Å². The van der Waals surface area contributed by atoms with Gasteiger partial charge in [0.25, 0.3) is 0 Å². The molecule has 1 aromatic carbocycles. The lowest BCUT2D eigenvalue weighted by atomic mass is 10.3. The first-order valence-corrected chi connectivity index (χ1v) is 7.45. The molecule has 0 saturated heterocycles. The van der Waals surface area contributed by atoms with Crippen LogP contribution in [0.1, 0.15) is 12.2 Å². The van der Waals surface area contributed by atoms with Crippen molar-refractivity contribution in [1.29, 1.82) is 0 Å². The van der Waals surface area contributed by atoms with Crippen LogP contribution in [0.15, 0.2) is 42.6 Å². The molecule has 0 saturated carbocycles. The number of imidazole rings is 1. The van der Waals surface area contributed by atoms with Crippen LogP contribution < -0.4 is 4.74 Å². The molecule has 0 atom stereocenters. The van der Waals surface area contributed by atoms with Gasteiger partial charge in [0.2, 0.25) is 0 Å². The number of para-hydroxylation sites is 1. The Bertz CT molecular complexity index is 759. The fraction of sp³-hybridized carbons (Fsp3) is 0.250. The zero-order valence-corrected chi connectivity index (χ0v) is 12.7. The highest BCUT2D eigenvalue weighted by atomic mass is 35.5. The number of benzene rings is 1. The second-order valence-corrected chi connectivity index (χ2v) is 5.29. The SMILES string of the molecule is OCCCn1c(COc2ccccc2)nc2cc(Cl)cnc21. The van der Waals surface area contributed by atoms with E-state index >= 15 is 0 Å². The fourth-order valence-electron chi connectivity index (χ4n) is 2.27. The smallest absolute Gasteiger partial charge is 0.160 e. The van der Waals surface area contributed by atoms with E-state index in [1.165, 1.54) is 0 Å². The lowest BCUT2D eigenvalue weighted by Crippen LogP contribution is -2.09. The van der Waals surface area contributed by atoms with Crippen molar-refractivity contribution in [2.45, 2.75) is 19.6 Å². The van der Waals surface area contributed by atoms with E-state index in [2.05, 4.69) is 9.97 Å². The van der Waals surface area contributed by atoms with Crippen LogP contribution in [0.25, 0.3) is 11.2 Å². The van der Waals surface area contributed by atoms with Gasteiger partial charge in [-0.3, -0.25) is 0 Å². The van der Waals surface area contributed by atoms with Crippen molar-refractivity contribution >= 4 is 22.8 Å². The number of nitrogens with zero attached hydrogens (tertiary/aromatic N) is 3. The Labute approximate surface area is 133 Å². The molecule has 6 heteroatoms. The topological polar surface area (TPSA) is 60.2 Å². The van der Waals surface area contributed by atoms with Crippen molar-refractivity contribution in [2.24, 2.45) is 0 Å². The van der Waals surface area contributed by atoms with Crippen molar-refractivity contribution in [3.8, 4) is 5.75 Å². The Hall–Kier alpha value is -2.11. The van der Waals surface area contributed by atoms with Gasteiger partial charge in [-0.15, -0.1) is 0 Å². The maximum absolute atomic E-state index is 9.07. The maximum atomic E-state index is 9.07. The molecule has 0 aliphatic rings. The van der Waals surface area contributed by atoms with E-state index in [4.69, 9.17) is 21.4 Å². The van der Waals surface area contributed by atoms with E-state index in [9.17, 15) is 0 Å². The van der Waals surface area contributed by atoms with Gasteiger partial charge in [-0.1, -0.05) is 29.8 Å². The van der Waals surface area contributed by atoms with Crippen LogP contribution in [0.4, 0.5) is 0 Å². The van der Waals surface area contributed by atoms with E-state index in [0.29, 0.717) is 24.6 Å². The van der Waals surface area contributed by atoms with Gasteiger partial charge in [0.05, 0.1) is 5.02 Å². The highest BCUT2D eigenvalue weighted by Crippen LogP contribution is 2.20. The zero-order chi connectivity index (χ0) is 15.4. The van der Waals surface area contributed by atoms with Crippen molar-refractivity contribution < 1.29 is 9.84 Å². The number of aliphatic hydroxyl groups is 1. The molecule has 0 unspecified atom stereocenters. The predicted molar refractivity (Wildman–Crippen MR) is 85.0 cm³/mol. The number of hydrogen-bond donors (Lipinski definition) is 1. The van der Waals surface area contributed by atoms with Crippen molar-refractivity contribution in [3.63, 3.8) is 0 Å². The summed E-state index contributed by atoms with van der Waals surface area (Å²) in [5.74, 6) is 1.55. The first-order chi connectivity index (χ1) is 10.8. The quantitative estimate of drug-likeness (QED) is 0.759. The number of pyridine rings is 1. The summed E-state index contributed by atoms with van der Waals surface area (Å²) in [6.07, 6.45) is 2.23. The molecule has 0 aliphatic carbocycles. The second kappa shape index (κ2) is 6.77. The van der Waals surface area contributed by atoms with Gasteiger partial charge in [0.1, 0.15) is 23.7 Å². The number of aryl methyl sites for hydroxylation is 1. The van der Waals surface area contributed by atoms with E-state index in [-0.39, 0.29) is 6.61 Å². The van der Waals surface area contributed by atoms with Gasteiger partial charge in [-0.2, -0.15) is 0 Å². The van der Waals surface area contributed by atoms with Crippen LogP contribution in [0.3, 0.4) is 0 Å². The molecule has 22 heavy (non-hydrogen) atoms. The summed E-state index contributed by atoms with van der Waals surface area (Å²) in [4.78, 5) is 8.89. The van der Waals surface area contributed by atoms with Crippen molar-refractivity contribution in [1.82, 2.24) is 14.5 Å². The standard InChI is InChI=1S/C16H16ClN3O2/c17-12-9-14-16(18-10-12)20(7-4-8-21)15(19-14)11-22-13-5-2-1-3-6-13/h1-3,5-6,9-10,21H,4,7-8,11H2. The van der Waals surface area contributed by atoms with Crippen LogP contribution in [0.5, 0.6) is 5.75 Å². The molecule has 0 radical (unpaired) electrons. The van der Waals surface area contributed by atoms with Gasteiger partial charge in [0, 0.05) is 19.3 Å². The average molecular weight is 318 g/mol. The number of rotatable bonds is 6. The molecule has 0 bridgehead atoms. The molecule has 3 aromatic rings. The predicted octanol–water partition coefficient (Wildman–Crippen LogP) is 3.05. The Morgan fingerprint density at radius 2 is 2.05 bits per heavy atom. The molecule has 114 valence electrons. The highest BCUT2D eigenvalue weighted by Gasteiger charge is 2.12. The Kier molecular flexibility index (Phi) is 4.56. The van der Waals surface area contributed by atoms with Crippen LogP contribution in [0, 0.1) is 0 Å². The molecule has 3 rings (SSSR count). The third kappa shape index (κ3) is 3.21.